The lowest BCUT2D eigenvalue weighted by Gasteiger charge is -2.05. The molecule has 2 N–H and O–H groups in total. The van der Waals surface area contributed by atoms with E-state index in [0.717, 1.165) is 36.1 Å². The first-order valence-electron chi connectivity index (χ1n) is 5.28. The number of benzene rings is 1. The van der Waals surface area contributed by atoms with Crippen molar-refractivity contribution >= 4 is 29.0 Å². The molecule has 0 saturated heterocycles. The van der Waals surface area contributed by atoms with Gasteiger partial charge in [-0.15, -0.1) is 0 Å². The Bertz CT molecular complexity index is 553. The zero-order valence-corrected chi connectivity index (χ0v) is 9.75. The average Bonchev–Trinajstić information content (AvgIpc) is 2.99. The van der Waals surface area contributed by atoms with Gasteiger partial charge in [-0.25, -0.2) is 0 Å². The Morgan fingerprint density at radius 1 is 1.47 bits per heavy atom. The van der Waals surface area contributed by atoms with Crippen LogP contribution >= 0.6 is 11.7 Å². The Kier molecular flexibility index (Phi) is 2.49. The first-order valence-corrected chi connectivity index (χ1v) is 6.02. The third kappa shape index (κ3) is 1.99. The molecule has 0 radical (unpaired) electrons. The molecule has 86 valence electrons. The first-order chi connectivity index (χ1) is 8.33. The van der Waals surface area contributed by atoms with E-state index in [1.807, 2.05) is 18.2 Å². The summed E-state index contributed by atoms with van der Waals surface area (Å²) >= 11 is 1.03. The van der Waals surface area contributed by atoms with Crippen LogP contribution in [0, 0.1) is 0 Å². The van der Waals surface area contributed by atoms with Gasteiger partial charge < -0.3 is 10.6 Å². The van der Waals surface area contributed by atoms with Crippen molar-refractivity contribution in [1.29, 1.82) is 0 Å². The summed E-state index contributed by atoms with van der Waals surface area (Å²) in [4.78, 5) is 11.8. The van der Waals surface area contributed by atoms with E-state index < -0.39 is 0 Å². The van der Waals surface area contributed by atoms with Crippen LogP contribution in [0.1, 0.15) is 16.1 Å². The molecule has 1 aromatic heterocycles. The number of hydrogen-bond acceptors (Lipinski definition) is 5. The van der Waals surface area contributed by atoms with Gasteiger partial charge in [0.05, 0.1) is 17.9 Å². The van der Waals surface area contributed by atoms with Crippen LogP contribution in [-0.2, 0) is 6.42 Å². The van der Waals surface area contributed by atoms with Crippen molar-refractivity contribution in [1.82, 2.24) is 8.75 Å². The minimum atomic E-state index is -0.218. The van der Waals surface area contributed by atoms with Crippen molar-refractivity contribution < 1.29 is 4.79 Å². The maximum absolute atomic E-state index is 11.8. The van der Waals surface area contributed by atoms with Gasteiger partial charge in [0.25, 0.3) is 5.91 Å². The van der Waals surface area contributed by atoms with Gasteiger partial charge in [-0.05, 0) is 30.2 Å². The summed E-state index contributed by atoms with van der Waals surface area (Å²) in [5.41, 5.74) is 3.54. The number of anilines is 2. The fourth-order valence-electron chi connectivity index (χ4n) is 1.84. The highest BCUT2D eigenvalue weighted by Gasteiger charge is 2.12. The van der Waals surface area contributed by atoms with E-state index in [1.165, 1.54) is 11.8 Å². The summed E-state index contributed by atoms with van der Waals surface area (Å²) in [7, 11) is 0. The highest BCUT2D eigenvalue weighted by molar-refractivity contribution is 6.99. The number of amides is 1. The Balaban J connectivity index is 1.80. The summed E-state index contributed by atoms with van der Waals surface area (Å²) in [5, 5.41) is 6.09. The Morgan fingerprint density at radius 3 is 3.24 bits per heavy atom. The fraction of sp³-hybridized carbons (Fsp3) is 0.182. The zero-order valence-electron chi connectivity index (χ0n) is 8.93. The van der Waals surface area contributed by atoms with E-state index in [4.69, 9.17) is 0 Å². The lowest BCUT2D eigenvalue weighted by atomic mass is 10.1. The molecule has 1 aliphatic rings. The quantitative estimate of drug-likeness (QED) is 0.847. The second-order valence-electron chi connectivity index (χ2n) is 3.80. The number of nitrogens with zero attached hydrogens (tertiary/aromatic N) is 2. The summed E-state index contributed by atoms with van der Waals surface area (Å²) in [5.74, 6) is -0.218. The monoisotopic (exact) mass is 246 g/mol. The van der Waals surface area contributed by atoms with Gasteiger partial charge in [0.2, 0.25) is 0 Å². The molecule has 1 aliphatic heterocycles. The number of nitrogens with one attached hydrogen (secondary N) is 2. The van der Waals surface area contributed by atoms with Crippen molar-refractivity contribution in [3.8, 4) is 0 Å². The van der Waals surface area contributed by atoms with Gasteiger partial charge in [0, 0.05) is 17.9 Å². The molecular weight excluding hydrogens is 236 g/mol. The molecule has 2 aromatic rings. The highest BCUT2D eigenvalue weighted by atomic mass is 32.1. The second kappa shape index (κ2) is 4.14. The Hall–Kier alpha value is -1.95. The van der Waals surface area contributed by atoms with Gasteiger partial charge in [-0.3, -0.25) is 4.79 Å². The molecule has 3 rings (SSSR count). The van der Waals surface area contributed by atoms with Crippen LogP contribution in [0.25, 0.3) is 0 Å². The average molecular weight is 246 g/mol. The summed E-state index contributed by atoms with van der Waals surface area (Å²) in [6.45, 7) is 0.961. The van der Waals surface area contributed by atoms with E-state index in [1.54, 1.807) is 0 Å². The first kappa shape index (κ1) is 10.2. The maximum Gasteiger partial charge on any atom is 0.277 e. The van der Waals surface area contributed by atoms with Crippen LogP contribution in [0.4, 0.5) is 11.4 Å². The van der Waals surface area contributed by atoms with Gasteiger partial charge >= 0.3 is 0 Å². The zero-order chi connectivity index (χ0) is 11.7. The number of carbonyl (C=O) groups is 1. The molecular formula is C11H10N4OS. The van der Waals surface area contributed by atoms with Crippen LogP contribution in [0.15, 0.2) is 24.4 Å². The van der Waals surface area contributed by atoms with Crippen LogP contribution in [0.5, 0.6) is 0 Å². The number of carbonyl (C=O) groups excluding carboxylic acids is 1. The Labute approximate surface area is 102 Å². The minimum Gasteiger partial charge on any atom is -0.384 e. The van der Waals surface area contributed by atoms with Crippen molar-refractivity contribution in [2.24, 2.45) is 0 Å². The maximum atomic E-state index is 11.8. The summed E-state index contributed by atoms with van der Waals surface area (Å²) < 4.78 is 7.69. The van der Waals surface area contributed by atoms with Crippen molar-refractivity contribution in [3.05, 3.63) is 35.7 Å². The number of aromatic nitrogens is 2. The molecule has 0 atom stereocenters. The molecule has 0 aliphatic carbocycles. The number of rotatable bonds is 2. The molecule has 2 heterocycles. The van der Waals surface area contributed by atoms with E-state index in [0.29, 0.717) is 5.69 Å². The molecule has 0 bridgehead atoms. The van der Waals surface area contributed by atoms with Gasteiger partial charge in [0.1, 0.15) is 0 Å². The summed E-state index contributed by atoms with van der Waals surface area (Å²) in [6, 6.07) is 5.86. The number of fused-ring (bicyclic) bond motifs is 1. The van der Waals surface area contributed by atoms with Crippen LogP contribution in [0.3, 0.4) is 0 Å². The largest absolute Gasteiger partial charge is 0.384 e. The normalized spacial score (nSPS) is 12.9. The molecule has 6 heteroatoms. The second-order valence-corrected chi connectivity index (χ2v) is 4.35. The third-order valence-corrected chi connectivity index (χ3v) is 3.14. The molecule has 1 aromatic carbocycles. The molecule has 0 fully saturated rings. The van der Waals surface area contributed by atoms with Gasteiger partial charge in [0.15, 0.2) is 5.69 Å². The smallest absolute Gasteiger partial charge is 0.277 e. The topological polar surface area (TPSA) is 66.9 Å². The number of hydrogen-bond donors (Lipinski definition) is 2. The minimum absolute atomic E-state index is 0.218. The van der Waals surface area contributed by atoms with Crippen molar-refractivity contribution in [3.63, 3.8) is 0 Å². The SMILES string of the molecule is O=C(Nc1ccc2c(c1)CCN2)c1cnsn1. The molecule has 17 heavy (non-hydrogen) atoms. The predicted molar refractivity (Wildman–Crippen MR) is 66.5 cm³/mol. The van der Waals surface area contributed by atoms with E-state index in [2.05, 4.69) is 19.4 Å². The predicted octanol–water partition coefficient (Wildman–Crippen LogP) is 1.76. The molecule has 1 amide bonds. The van der Waals surface area contributed by atoms with E-state index in [-0.39, 0.29) is 5.91 Å². The van der Waals surface area contributed by atoms with Crippen LogP contribution in [0.2, 0.25) is 0 Å². The van der Waals surface area contributed by atoms with Crippen molar-refractivity contribution in [2.45, 2.75) is 6.42 Å². The van der Waals surface area contributed by atoms with Crippen molar-refractivity contribution in [2.75, 3.05) is 17.2 Å². The van der Waals surface area contributed by atoms with Gasteiger partial charge in [-0.1, -0.05) is 0 Å². The van der Waals surface area contributed by atoms with E-state index >= 15 is 0 Å². The van der Waals surface area contributed by atoms with Crippen LogP contribution in [-0.4, -0.2) is 21.2 Å². The highest BCUT2D eigenvalue weighted by Crippen LogP contribution is 2.25. The standard InChI is InChI=1S/C11H10N4OS/c16-11(10-6-13-17-15-10)14-8-1-2-9-7(5-8)3-4-12-9/h1-2,5-6,12H,3-4H2,(H,14,16). The fourth-order valence-corrected chi connectivity index (χ4v) is 2.25. The van der Waals surface area contributed by atoms with E-state index in [9.17, 15) is 4.79 Å². The molecule has 0 saturated carbocycles. The Morgan fingerprint density at radius 2 is 2.41 bits per heavy atom. The summed E-state index contributed by atoms with van der Waals surface area (Å²) in [6.07, 6.45) is 2.46. The lowest BCUT2D eigenvalue weighted by Crippen LogP contribution is -2.12. The van der Waals surface area contributed by atoms with Crippen LogP contribution < -0.4 is 10.6 Å². The lowest BCUT2D eigenvalue weighted by molar-refractivity contribution is 0.102. The molecule has 0 spiro atoms. The van der Waals surface area contributed by atoms with Gasteiger partial charge in [-0.2, -0.15) is 8.75 Å². The molecule has 0 unspecified atom stereocenters. The third-order valence-electron chi connectivity index (χ3n) is 2.67. The molecule has 5 nitrogen and oxygen atoms in total.